The number of sulfonamides is 1. The summed E-state index contributed by atoms with van der Waals surface area (Å²) in [4.78, 5) is 14.5. The number of hydrogen-bond acceptors (Lipinski definition) is 5. The lowest BCUT2D eigenvalue weighted by atomic mass is 10.2. The molecule has 7 nitrogen and oxygen atoms in total. The second kappa shape index (κ2) is 5.41. The van der Waals surface area contributed by atoms with E-state index in [2.05, 4.69) is 9.71 Å². The molecule has 21 heavy (non-hydrogen) atoms. The van der Waals surface area contributed by atoms with Crippen molar-refractivity contribution < 1.29 is 18.3 Å². The third-order valence-electron chi connectivity index (χ3n) is 2.81. The normalized spacial score (nSPS) is 11.1. The Kier molecular flexibility index (Phi) is 3.81. The number of carboxylic acids is 1. The van der Waals surface area contributed by atoms with E-state index in [1.165, 1.54) is 24.5 Å². The Bertz CT molecular complexity index is 803. The molecule has 0 unspecified atom stereocenters. The number of nitrogens with zero attached hydrogens (tertiary/aromatic N) is 1. The molecule has 1 aromatic carbocycles. The molecule has 0 bridgehead atoms. The molecule has 2 aromatic rings. The van der Waals surface area contributed by atoms with Crippen LogP contribution in [0.3, 0.4) is 0 Å². The minimum absolute atomic E-state index is 0.0773. The summed E-state index contributed by atoms with van der Waals surface area (Å²) in [7, 11) is -3.90. The van der Waals surface area contributed by atoms with Crippen molar-refractivity contribution in [2.45, 2.75) is 11.8 Å². The molecule has 4 N–H and O–H groups in total. The Labute approximate surface area is 121 Å². The Morgan fingerprint density at radius 1 is 1.33 bits per heavy atom. The molecule has 0 amide bonds. The predicted octanol–water partition coefficient (Wildman–Crippen LogP) is 1.47. The molecule has 0 atom stereocenters. The van der Waals surface area contributed by atoms with Crippen LogP contribution in [0.15, 0.2) is 41.6 Å². The summed E-state index contributed by atoms with van der Waals surface area (Å²) in [5.41, 5.74) is 6.47. The van der Waals surface area contributed by atoms with Crippen molar-refractivity contribution in [1.82, 2.24) is 4.98 Å². The van der Waals surface area contributed by atoms with Gasteiger partial charge in [-0.3, -0.25) is 9.71 Å². The second-order valence-corrected chi connectivity index (χ2v) is 6.00. The van der Waals surface area contributed by atoms with Gasteiger partial charge >= 0.3 is 5.97 Å². The molecule has 0 saturated heterocycles. The number of aromatic nitrogens is 1. The summed E-state index contributed by atoms with van der Waals surface area (Å²) in [5.74, 6) is -1.18. The van der Waals surface area contributed by atoms with Gasteiger partial charge in [0.25, 0.3) is 10.0 Å². The number of aryl methyl sites for hydroxylation is 1. The first-order chi connectivity index (χ1) is 9.81. The molecule has 0 fully saturated rings. The van der Waals surface area contributed by atoms with E-state index in [1.54, 1.807) is 6.92 Å². The van der Waals surface area contributed by atoms with E-state index in [1.807, 2.05) is 0 Å². The minimum atomic E-state index is -3.90. The number of aromatic carboxylic acids is 1. The van der Waals surface area contributed by atoms with E-state index in [9.17, 15) is 13.2 Å². The molecule has 2 rings (SSSR count). The second-order valence-electron chi connectivity index (χ2n) is 4.35. The van der Waals surface area contributed by atoms with Gasteiger partial charge in [0.15, 0.2) is 0 Å². The monoisotopic (exact) mass is 307 g/mol. The number of carboxylic acid groups (broad SMARTS) is 1. The van der Waals surface area contributed by atoms with E-state index in [4.69, 9.17) is 10.8 Å². The van der Waals surface area contributed by atoms with Crippen LogP contribution in [0.1, 0.15) is 15.9 Å². The molecule has 0 saturated carbocycles. The molecular formula is C13H13N3O4S. The quantitative estimate of drug-likeness (QED) is 0.735. The number of benzene rings is 1. The van der Waals surface area contributed by atoms with Crippen molar-refractivity contribution in [3.8, 4) is 0 Å². The standard InChI is InChI=1S/C13H13N3O4S/c1-8-7-15-5-4-11(8)16-21(19,20)12-3-2-9(13(17)18)6-10(12)14/h2-7H,14H2,1H3,(H,15,16)(H,17,18). The number of carbonyl (C=O) groups is 1. The lowest BCUT2D eigenvalue weighted by molar-refractivity contribution is 0.0697. The Balaban J connectivity index is 2.41. The molecule has 0 aliphatic rings. The SMILES string of the molecule is Cc1cnccc1NS(=O)(=O)c1ccc(C(=O)O)cc1N. The van der Waals surface area contributed by atoms with E-state index >= 15 is 0 Å². The zero-order chi connectivity index (χ0) is 15.6. The highest BCUT2D eigenvalue weighted by molar-refractivity contribution is 7.92. The molecular weight excluding hydrogens is 294 g/mol. The fourth-order valence-electron chi connectivity index (χ4n) is 1.71. The van der Waals surface area contributed by atoms with Crippen LogP contribution in [0.4, 0.5) is 11.4 Å². The zero-order valence-corrected chi connectivity index (χ0v) is 11.9. The van der Waals surface area contributed by atoms with Gasteiger partial charge in [0.05, 0.1) is 16.9 Å². The summed E-state index contributed by atoms with van der Waals surface area (Å²) < 4.78 is 27.0. The van der Waals surface area contributed by atoms with E-state index in [-0.39, 0.29) is 16.1 Å². The maximum atomic E-state index is 12.3. The number of hydrogen-bond donors (Lipinski definition) is 3. The molecule has 0 aliphatic carbocycles. The van der Waals surface area contributed by atoms with Crippen LogP contribution in [0, 0.1) is 6.92 Å². The maximum absolute atomic E-state index is 12.3. The summed E-state index contributed by atoms with van der Waals surface area (Å²) in [6, 6.07) is 4.98. The Morgan fingerprint density at radius 2 is 2.05 bits per heavy atom. The fraction of sp³-hybridized carbons (Fsp3) is 0.0769. The minimum Gasteiger partial charge on any atom is -0.478 e. The van der Waals surface area contributed by atoms with Crippen LogP contribution in [0.2, 0.25) is 0 Å². The molecule has 0 radical (unpaired) electrons. The van der Waals surface area contributed by atoms with Gasteiger partial charge in [0, 0.05) is 12.4 Å². The third kappa shape index (κ3) is 3.11. The summed E-state index contributed by atoms with van der Waals surface area (Å²) in [6.45, 7) is 1.71. The van der Waals surface area contributed by atoms with Crippen LogP contribution in [-0.2, 0) is 10.0 Å². The average Bonchev–Trinajstić information content (AvgIpc) is 2.40. The highest BCUT2D eigenvalue weighted by Gasteiger charge is 2.19. The van der Waals surface area contributed by atoms with Crippen LogP contribution in [0.5, 0.6) is 0 Å². The largest absolute Gasteiger partial charge is 0.478 e. The van der Waals surface area contributed by atoms with E-state index in [0.717, 1.165) is 12.1 Å². The van der Waals surface area contributed by atoms with Crippen molar-refractivity contribution in [3.63, 3.8) is 0 Å². The Hall–Kier alpha value is -2.61. The number of rotatable bonds is 4. The van der Waals surface area contributed by atoms with E-state index < -0.39 is 16.0 Å². The van der Waals surface area contributed by atoms with E-state index in [0.29, 0.717) is 11.3 Å². The first-order valence-electron chi connectivity index (χ1n) is 5.87. The van der Waals surface area contributed by atoms with Crippen LogP contribution < -0.4 is 10.5 Å². The number of pyridine rings is 1. The lowest BCUT2D eigenvalue weighted by Gasteiger charge is -2.12. The highest BCUT2D eigenvalue weighted by Crippen LogP contribution is 2.23. The van der Waals surface area contributed by atoms with Crippen LogP contribution >= 0.6 is 0 Å². The van der Waals surface area contributed by atoms with Gasteiger partial charge in [-0.2, -0.15) is 0 Å². The van der Waals surface area contributed by atoms with Crippen molar-refractivity contribution in [1.29, 1.82) is 0 Å². The summed E-state index contributed by atoms with van der Waals surface area (Å²) >= 11 is 0. The number of nitrogens with one attached hydrogen (secondary N) is 1. The molecule has 1 heterocycles. The molecule has 0 spiro atoms. The number of anilines is 2. The highest BCUT2D eigenvalue weighted by atomic mass is 32.2. The zero-order valence-electron chi connectivity index (χ0n) is 11.1. The third-order valence-corrected chi connectivity index (χ3v) is 4.25. The van der Waals surface area contributed by atoms with Gasteiger partial charge in [0.2, 0.25) is 0 Å². The fourth-order valence-corrected chi connectivity index (χ4v) is 2.96. The number of nitrogens with two attached hydrogens (primary N) is 1. The lowest BCUT2D eigenvalue weighted by Crippen LogP contribution is -2.16. The summed E-state index contributed by atoms with van der Waals surface area (Å²) in [5, 5.41) is 8.85. The topological polar surface area (TPSA) is 122 Å². The van der Waals surface area contributed by atoms with Crippen LogP contribution in [0.25, 0.3) is 0 Å². The van der Waals surface area contributed by atoms with Crippen molar-refractivity contribution in [3.05, 3.63) is 47.8 Å². The van der Waals surface area contributed by atoms with Gasteiger partial charge in [-0.05, 0) is 36.8 Å². The molecule has 0 aliphatic heterocycles. The van der Waals surface area contributed by atoms with Crippen LogP contribution in [-0.4, -0.2) is 24.5 Å². The molecule has 8 heteroatoms. The average molecular weight is 307 g/mol. The van der Waals surface area contributed by atoms with Gasteiger partial charge in [-0.1, -0.05) is 0 Å². The van der Waals surface area contributed by atoms with Crippen molar-refractivity contribution in [2.75, 3.05) is 10.5 Å². The smallest absolute Gasteiger partial charge is 0.335 e. The molecule has 110 valence electrons. The van der Waals surface area contributed by atoms with Crippen molar-refractivity contribution in [2.24, 2.45) is 0 Å². The summed E-state index contributed by atoms with van der Waals surface area (Å²) in [6.07, 6.45) is 2.98. The van der Waals surface area contributed by atoms with Gasteiger partial charge < -0.3 is 10.8 Å². The van der Waals surface area contributed by atoms with Gasteiger partial charge in [-0.25, -0.2) is 13.2 Å². The predicted molar refractivity (Wildman–Crippen MR) is 77.6 cm³/mol. The number of nitrogen functional groups attached to an aromatic ring is 1. The maximum Gasteiger partial charge on any atom is 0.335 e. The molecule has 1 aromatic heterocycles. The Morgan fingerprint density at radius 3 is 2.62 bits per heavy atom. The first kappa shape index (κ1) is 14.8. The first-order valence-corrected chi connectivity index (χ1v) is 7.36. The van der Waals surface area contributed by atoms with Gasteiger partial charge in [0.1, 0.15) is 4.90 Å². The van der Waals surface area contributed by atoms with Crippen molar-refractivity contribution >= 4 is 27.4 Å². The van der Waals surface area contributed by atoms with Gasteiger partial charge in [-0.15, -0.1) is 0 Å².